The highest BCUT2D eigenvalue weighted by atomic mass is 16.4. The van der Waals surface area contributed by atoms with Crippen molar-refractivity contribution in [2.45, 2.75) is 12.8 Å². The van der Waals surface area contributed by atoms with Crippen LogP contribution in [0.4, 0.5) is 0 Å². The van der Waals surface area contributed by atoms with Crippen LogP contribution in [0, 0.1) is 23.7 Å². The standard InChI is InChI=1S/C11H14O2/c1-2-3-9-7-4-5-8(6-7)10(9)11(12)13/h2,4-5,7-10H,1,3,6H2,(H,12,13). The maximum atomic E-state index is 11.0. The zero-order valence-electron chi connectivity index (χ0n) is 7.52. The Morgan fingerprint density at radius 2 is 2.23 bits per heavy atom. The van der Waals surface area contributed by atoms with E-state index in [1.54, 1.807) is 0 Å². The average Bonchev–Trinajstić information content (AvgIpc) is 2.63. The summed E-state index contributed by atoms with van der Waals surface area (Å²) in [5.41, 5.74) is 0. The van der Waals surface area contributed by atoms with Gasteiger partial charge < -0.3 is 5.11 Å². The number of carboxylic acids is 1. The summed E-state index contributed by atoms with van der Waals surface area (Å²) in [6.07, 6.45) is 7.97. The fourth-order valence-corrected chi connectivity index (χ4v) is 2.80. The van der Waals surface area contributed by atoms with Gasteiger partial charge in [-0.05, 0) is 30.6 Å². The molecule has 0 aromatic carbocycles. The Morgan fingerprint density at radius 1 is 1.54 bits per heavy atom. The van der Waals surface area contributed by atoms with E-state index in [-0.39, 0.29) is 11.8 Å². The molecule has 2 aliphatic carbocycles. The SMILES string of the molecule is C=CCC1C2C=CC(C2)C1C(=O)O. The van der Waals surface area contributed by atoms with Gasteiger partial charge in [-0.25, -0.2) is 0 Å². The van der Waals surface area contributed by atoms with Crippen LogP contribution in [-0.2, 0) is 4.79 Å². The Hall–Kier alpha value is -1.05. The molecule has 1 fully saturated rings. The van der Waals surface area contributed by atoms with Crippen LogP contribution in [0.5, 0.6) is 0 Å². The Labute approximate surface area is 78.0 Å². The van der Waals surface area contributed by atoms with Crippen LogP contribution in [-0.4, -0.2) is 11.1 Å². The lowest BCUT2D eigenvalue weighted by Gasteiger charge is -2.23. The molecule has 0 aromatic heterocycles. The van der Waals surface area contributed by atoms with Gasteiger partial charge in [0.2, 0.25) is 0 Å². The molecule has 2 aliphatic rings. The van der Waals surface area contributed by atoms with Crippen LogP contribution in [0.2, 0.25) is 0 Å². The van der Waals surface area contributed by atoms with Crippen LogP contribution >= 0.6 is 0 Å². The second-order valence-corrected chi connectivity index (χ2v) is 4.00. The predicted octanol–water partition coefficient (Wildman–Crippen LogP) is 2.09. The quantitative estimate of drug-likeness (QED) is 0.672. The molecule has 2 bridgehead atoms. The number of hydrogen-bond donors (Lipinski definition) is 1. The smallest absolute Gasteiger partial charge is 0.307 e. The first kappa shape index (κ1) is 8.54. The number of hydrogen-bond acceptors (Lipinski definition) is 1. The topological polar surface area (TPSA) is 37.3 Å². The molecule has 0 aromatic rings. The predicted molar refractivity (Wildman–Crippen MR) is 50.2 cm³/mol. The molecule has 4 unspecified atom stereocenters. The van der Waals surface area contributed by atoms with Crippen molar-refractivity contribution in [3.8, 4) is 0 Å². The van der Waals surface area contributed by atoms with E-state index < -0.39 is 5.97 Å². The van der Waals surface area contributed by atoms with E-state index in [1.165, 1.54) is 0 Å². The van der Waals surface area contributed by atoms with Crippen LogP contribution in [0.15, 0.2) is 24.8 Å². The molecule has 0 amide bonds. The third-order valence-electron chi connectivity index (χ3n) is 3.35. The normalized spacial score (nSPS) is 40.9. The van der Waals surface area contributed by atoms with Gasteiger partial charge in [-0.3, -0.25) is 4.79 Å². The monoisotopic (exact) mass is 178 g/mol. The zero-order valence-corrected chi connectivity index (χ0v) is 7.52. The lowest BCUT2D eigenvalue weighted by Crippen LogP contribution is -2.26. The minimum absolute atomic E-state index is 0.159. The van der Waals surface area contributed by atoms with Crippen molar-refractivity contribution in [1.82, 2.24) is 0 Å². The average molecular weight is 178 g/mol. The molecule has 1 N–H and O–H groups in total. The Bertz CT molecular complexity index is 267. The van der Waals surface area contributed by atoms with E-state index in [1.807, 2.05) is 6.08 Å². The maximum absolute atomic E-state index is 11.0. The molecule has 2 heteroatoms. The lowest BCUT2D eigenvalue weighted by molar-refractivity contribution is -0.144. The third kappa shape index (κ3) is 1.21. The van der Waals surface area contributed by atoms with Crippen molar-refractivity contribution in [3.63, 3.8) is 0 Å². The minimum atomic E-state index is -0.635. The van der Waals surface area contributed by atoms with Crippen LogP contribution < -0.4 is 0 Å². The molecule has 2 rings (SSSR count). The summed E-state index contributed by atoms with van der Waals surface area (Å²) in [4.78, 5) is 11.0. The van der Waals surface area contributed by atoms with Crippen LogP contribution in [0.3, 0.4) is 0 Å². The van der Waals surface area contributed by atoms with Gasteiger partial charge in [-0.1, -0.05) is 18.2 Å². The largest absolute Gasteiger partial charge is 0.481 e. The Kier molecular flexibility index (Phi) is 1.98. The van der Waals surface area contributed by atoms with E-state index in [9.17, 15) is 4.79 Å². The van der Waals surface area contributed by atoms with Gasteiger partial charge in [0.05, 0.1) is 5.92 Å². The summed E-state index contributed by atoms with van der Waals surface area (Å²) in [6.45, 7) is 3.68. The molecular weight excluding hydrogens is 164 g/mol. The Morgan fingerprint density at radius 3 is 2.85 bits per heavy atom. The molecule has 0 radical (unpaired) electrons. The van der Waals surface area contributed by atoms with Crippen molar-refractivity contribution in [2.75, 3.05) is 0 Å². The highest BCUT2D eigenvalue weighted by molar-refractivity contribution is 5.72. The molecule has 70 valence electrons. The number of carbonyl (C=O) groups is 1. The van der Waals surface area contributed by atoms with Gasteiger partial charge >= 0.3 is 5.97 Å². The first-order valence-electron chi connectivity index (χ1n) is 4.76. The van der Waals surface area contributed by atoms with Gasteiger partial charge in [0.1, 0.15) is 0 Å². The first-order valence-corrected chi connectivity index (χ1v) is 4.76. The maximum Gasteiger partial charge on any atom is 0.307 e. The van der Waals surface area contributed by atoms with Gasteiger partial charge in [-0.15, -0.1) is 6.58 Å². The van der Waals surface area contributed by atoms with Crippen LogP contribution in [0.1, 0.15) is 12.8 Å². The molecule has 4 atom stereocenters. The number of aliphatic carboxylic acids is 1. The van der Waals surface area contributed by atoms with Gasteiger partial charge in [0.15, 0.2) is 0 Å². The molecule has 0 aliphatic heterocycles. The molecule has 1 saturated carbocycles. The van der Waals surface area contributed by atoms with E-state index in [0.717, 1.165) is 12.8 Å². The fraction of sp³-hybridized carbons (Fsp3) is 0.545. The van der Waals surface area contributed by atoms with Crippen molar-refractivity contribution >= 4 is 5.97 Å². The molecule has 13 heavy (non-hydrogen) atoms. The minimum Gasteiger partial charge on any atom is -0.481 e. The van der Waals surface area contributed by atoms with E-state index in [0.29, 0.717) is 11.8 Å². The summed E-state index contributed by atoms with van der Waals surface area (Å²) in [5, 5.41) is 9.06. The number of carboxylic acid groups (broad SMARTS) is 1. The molecule has 0 saturated heterocycles. The van der Waals surface area contributed by atoms with E-state index >= 15 is 0 Å². The van der Waals surface area contributed by atoms with Gasteiger partial charge in [0.25, 0.3) is 0 Å². The number of rotatable bonds is 3. The van der Waals surface area contributed by atoms with Crippen molar-refractivity contribution in [3.05, 3.63) is 24.8 Å². The third-order valence-corrected chi connectivity index (χ3v) is 3.35. The fourth-order valence-electron chi connectivity index (χ4n) is 2.80. The second-order valence-electron chi connectivity index (χ2n) is 4.00. The highest BCUT2D eigenvalue weighted by Gasteiger charge is 2.47. The molecule has 2 nitrogen and oxygen atoms in total. The number of allylic oxidation sites excluding steroid dienone is 3. The molecular formula is C11H14O2. The van der Waals surface area contributed by atoms with E-state index in [2.05, 4.69) is 18.7 Å². The summed E-state index contributed by atoms with van der Waals surface area (Å²) < 4.78 is 0. The number of fused-ring (bicyclic) bond motifs is 2. The van der Waals surface area contributed by atoms with Crippen molar-refractivity contribution < 1.29 is 9.90 Å². The van der Waals surface area contributed by atoms with E-state index in [4.69, 9.17) is 5.11 Å². The second kappa shape index (κ2) is 3.02. The summed E-state index contributed by atoms with van der Waals surface area (Å²) in [7, 11) is 0. The zero-order chi connectivity index (χ0) is 9.42. The molecule has 0 spiro atoms. The van der Waals surface area contributed by atoms with Gasteiger partial charge in [-0.2, -0.15) is 0 Å². The van der Waals surface area contributed by atoms with Crippen molar-refractivity contribution in [2.24, 2.45) is 23.7 Å². The van der Waals surface area contributed by atoms with Crippen molar-refractivity contribution in [1.29, 1.82) is 0 Å². The highest BCUT2D eigenvalue weighted by Crippen LogP contribution is 2.49. The summed E-state index contributed by atoms with van der Waals surface area (Å²) in [5.74, 6) is 0.276. The lowest BCUT2D eigenvalue weighted by atomic mass is 9.81. The summed E-state index contributed by atoms with van der Waals surface area (Å²) in [6, 6.07) is 0. The first-order chi connectivity index (χ1) is 6.24. The van der Waals surface area contributed by atoms with Crippen LogP contribution in [0.25, 0.3) is 0 Å². The van der Waals surface area contributed by atoms with Gasteiger partial charge in [0, 0.05) is 0 Å². The summed E-state index contributed by atoms with van der Waals surface area (Å²) >= 11 is 0. The Balaban J connectivity index is 2.20. The molecule has 0 heterocycles.